The summed E-state index contributed by atoms with van der Waals surface area (Å²) in [5.41, 5.74) is 2.14. The number of Topliss-reactive ketones (excluding diaryl/α,β-unsaturated/α-hetero) is 1. The smallest absolute Gasteiger partial charge is 0.381 e. The molecule has 0 atom stereocenters. The number of rotatable bonds is 3. The number of aryl methyl sites for hydroxylation is 2. The fourth-order valence-electron chi connectivity index (χ4n) is 2.20. The van der Waals surface area contributed by atoms with E-state index in [1.165, 1.54) is 0 Å². The summed E-state index contributed by atoms with van der Waals surface area (Å²) >= 11 is 0. The zero-order valence-electron chi connectivity index (χ0n) is 10.7. The second kappa shape index (κ2) is 4.64. The third-order valence-electron chi connectivity index (χ3n) is 3.04. The Bertz CT molecular complexity index is 586. The van der Waals surface area contributed by atoms with Crippen LogP contribution in [0.1, 0.15) is 23.0 Å². The van der Waals surface area contributed by atoms with Gasteiger partial charge in [0.25, 0.3) is 5.78 Å². The lowest BCUT2D eigenvalue weighted by molar-refractivity contribution is -0.137. The van der Waals surface area contributed by atoms with Crippen LogP contribution in [-0.2, 0) is 16.6 Å². The van der Waals surface area contributed by atoms with Crippen molar-refractivity contribution in [2.45, 2.75) is 13.8 Å². The van der Waals surface area contributed by atoms with E-state index in [-0.39, 0.29) is 6.61 Å². The first kappa shape index (κ1) is 12.4. The van der Waals surface area contributed by atoms with E-state index in [1.807, 2.05) is 31.2 Å². The van der Waals surface area contributed by atoms with E-state index in [2.05, 4.69) is 0 Å². The molecule has 0 aliphatic heterocycles. The van der Waals surface area contributed by atoms with Gasteiger partial charge in [-0.15, -0.1) is 0 Å². The third-order valence-corrected chi connectivity index (χ3v) is 3.04. The summed E-state index contributed by atoms with van der Waals surface area (Å²) in [6, 6.07) is 7.67. The van der Waals surface area contributed by atoms with Crippen LogP contribution in [-0.4, -0.2) is 22.9 Å². The van der Waals surface area contributed by atoms with Gasteiger partial charge in [0, 0.05) is 18.0 Å². The molecule has 94 valence electrons. The summed E-state index contributed by atoms with van der Waals surface area (Å²) in [6.45, 7) is 3.72. The van der Waals surface area contributed by atoms with Gasteiger partial charge in [-0.25, -0.2) is 4.79 Å². The monoisotopic (exact) mass is 245 g/mol. The minimum absolute atomic E-state index is 0.202. The molecule has 0 saturated carbocycles. The first-order valence-electron chi connectivity index (χ1n) is 5.83. The largest absolute Gasteiger partial charge is 0.460 e. The van der Waals surface area contributed by atoms with Crippen molar-refractivity contribution in [3.05, 3.63) is 35.5 Å². The van der Waals surface area contributed by atoms with Gasteiger partial charge in [-0.05, 0) is 25.5 Å². The van der Waals surface area contributed by atoms with Gasteiger partial charge in [0.15, 0.2) is 0 Å². The van der Waals surface area contributed by atoms with Crippen LogP contribution in [0.2, 0.25) is 0 Å². The van der Waals surface area contributed by atoms with E-state index >= 15 is 0 Å². The molecule has 0 fully saturated rings. The number of hydrogen-bond acceptors (Lipinski definition) is 3. The summed E-state index contributed by atoms with van der Waals surface area (Å²) in [4.78, 5) is 23.6. The van der Waals surface area contributed by atoms with Gasteiger partial charge in [-0.1, -0.05) is 18.2 Å². The molecule has 0 amide bonds. The molecule has 1 aromatic heterocycles. The van der Waals surface area contributed by atoms with Crippen LogP contribution in [0.5, 0.6) is 0 Å². The first-order valence-corrected chi connectivity index (χ1v) is 5.83. The van der Waals surface area contributed by atoms with Crippen molar-refractivity contribution in [1.82, 2.24) is 4.57 Å². The highest BCUT2D eigenvalue weighted by Gasteiger charge is 2.24. The van der Waals surface area contributed by atoms with Gasteiger partial charge in [-0.2, -0.15) is 0 Å². The van der Waals surface area contributed by atoms with Gasteiger partial charge >= 0.3 is 5.97 Å². The van der Waals surface area contributed by atoms with E-state index < -0.39 is 11.8 Å². The maximum atomic E-state index is 12.1. The summed E-state index contributed by atoms with van der Waals surface area (Å²) in [7, 11) is 1.78. The van der Waals surface area contributed by atoms with E-state index in [4.69, 9.17) is 4.74 Å². The molecule has 0 aliphatic rings. The molecule has 0 aliphatic carbocycles. The molecule has 18 heavy (non-hydrogen) atoms. The topological polar surface area (TPSA) is 48.3 Å². The molecule has 0 spiro atoms. The summed E-state index contributed by atoms with van der Waals surface area (Å²) < 4.78 is 6.50. The van der Waals surface area contributed by atoms with Crippen molar-refractivity contribution in [3.63, 3.8) is 0 Å². The highest BCUT2D eigenvalue weighted by atomic mass is 16.5. The number of hydrogen-bond donors (Lipinski definition) is 0. The molecule has 4 nitrogen and oxygen atoms in total. The lowest BCUT2D eigenvalue weighted by Gasteiger charge is -2.04. The van der Waals surface area contributed by atoms with Gasteiger partial charge in [0.1, 0.15) is 5.69 Å². The van der Waals surface area contributed by atoms with E-state index in [9.17, 15) is 9.59 Å². The number of ketones is 1. The number of nitrogens with zero attached hydrogens (tertiary/aromatic N) is 1. The van der Waals surface area contributed by atoms with Crippen LogP contribution in [0.4, 0.5) is 0 Å². The normalized spacial score (nSPS) is 10.6. The maximum absolute atomic E-state index is 12.1. The average Bonchev–Trinajstić information content (AvgIpc) is 2.62. The summed E-state index contributed by atoms with van der Waals surface area (Å²) in [5, 5.41) is 0.979. The van der Waals surface area contributed by atoms with E-state index in [0.717, 1.165) is 16.5 Å². The Morgan fingerprint density at radius 1 is 1.28 bits per heavy atom. The van der Waals surface area contributed by atoms with Crippen LogP contribution in [0.3, 0.4) is 0 Å². The quantitative estimate of drug-likeness (QED) is 0.473. The molecule has 1 heterocycles. The Hall–Kier alpha value is -2.10. The second-order valence-corrected chi connectivity index (χ2v) is 4.10. The fraction of sp³-hybridized carbons (Fsp3) is 0.286. The zero-order chi connectivity index (χ0) is 13.3. The van der Waals surface area contributed by atoms with Crippen LogP contribution in [0.25, 0.3) is 10.9 Å². The Morgan fingerprint density at radius 2 is 1.94 bits per heavy atom. The van der Waals surface area contributed by atoms with Gasteiger partial charge in [-0.3, -0.25) is 4.79 Å². The molecule has 1 aromatic carbocycles. The number of benzene rings is 1. The Labute approximate surface area is 105 Å². The number of carbonyl (C=O) groups excluding carboxylic acids is 2. The van der Waals surface area contributed by atoms with Crippen molar-refractivity contribution in [2.75, 3.05) is 6.61 Å². The van der Waals surface area contributed by atoms with Crippen LogP contribution >= 0.6 is 0 Å². The lowest BCUT2D eigenvalue weighted by Crippen LogP contribution is -2.20. The molecule has 0 saturated heterocycles. The Morgan fingerprint density at radius 3 is 2.56 bits per heavy atom. The molecule has 0 N–H and O–H groups in total. The van der Waals surface area contributed by atoms with Gasteiger partial charge < -0.3 is 9.30 Å². The zero-order valence-corrected chi connectivity index (χ0v) is 10.7. The molecular weight excluding hydrogens is 230 g/mol. The van der Waals surface area contributed by atoms with Crippen LogP contribution in [0, 0.1) is 6.92 Å². The van der Waals surface area contributed by atoms with Gasteiger partial charge in [0.05, 0.1) is 6.61 Å². The standard InChI is InChI=1S/C14H15NO3/c1-4-18-14(17)13(16)12-9(2)10-7-5-6-8-11(10)15(12)3/h5-8H,4H2,1-3H3. The summed E-state index contributed by atoms with van der Waals surface area (Å²) in [5.74, 6) is -1.39. The molecule has 0 unspecified atom stereocenters. The number of aromatic nitrogens is 1. The number of fused-ring (bicyclic) bond motifs is 1. The van der Waals surface area contributed by atoms with Gasteiger partial charge in [0.2, 0.25) is 0 Å². The molecule has 2 rings (SSSR count). The second-order valence-electron chi connectivity index (χ2n) is 4.10. The Balaban J connectivity index is 2.58. The van der Waals surface area contributed by atoms with Crippen molar-refractivity contribution in [3.8, 4) is 0 Å². The predicted molar refractivity (Wildman–Crippen MR) is 68.6 cm³/mol. The van der Waals surface area contributed by atoms with Crippen LogP contribution < -0.4 is 0 Å². The van der Waals surface area contributed by atoms with E-state index in [0.29, 0.717) is 5.69 Å². The first-order chi connectivity index (χ1) is 8.57. The molecule has 0 bridgehead atoms. The number of esters is 1. The number of carbonyl (C=O) groups is 2. The van der Waals surface area contributed by atoms with Crippen molar-refractivity contribution < 1.29 is 14.3 Å². The predicted octanol–water partition coefficient (Wildman–Crippen LogP) is 2.23. The van der Waals surface area contributed by atoms with Crippen molar-refractivity contribution in [2.24, 2.45) is 7.05 Å². The highest BCUT2D eigenvalue weighted by molar-refractivity contribution is 6.41. The highest BCUT2D eigenvalue weighted by Crippen LogP contribution is 2.24. The van der Waals surface area contributed by atoms with Crippen molar-refractivity contribution in [1.29, 1.82) is 0 Å². The summed E-state index contributed by atoms with van der Waals surface area (Å²) in [6.07, 6.45) is 0. The molecule has 0 radical (unpaired) electrons. The Kier molecular flexibility index (Phi) is 3.19. The van der Waals surface area contributed by atoms with E-state index in [1.54, 1.807) is 18.5 Å². The lowest BCUT2D eigenvalue weighted by atomic mass is 10.1. The minimum atomic E-state index is -0.800. The molecular formula is C14H15NO3. The average molecular weight is 245 g/mol. The fourth-order valence-corrected chi connectivity index (χ4v) is 2.20. The minimum Gasteiger partial charge on any atom is -0.460 e. The maximum Gasteiger partial charge on any atom is 0.381 e. The SMILES string of the molecule is CCOC(=O)C(=O)c1c(C)c2ccccc2n1C. The van der Waals surface area contributed by atoms with Crippen molar-refractivity contribution >= 4 is 22.7 Å². The number of para-hydroxylation sites is 1. The number of ether oxygens (including phenoxy) is 1. The molecule has 4 heteroatoms. The van der Waals surface area contributed by atoms with Crippen LogP contribution in [0.15, 0.2) is 24.3 Å². The third kappa shape index (κ3) is 1.79. The molecule has 2 aromatic rings.